The van der Waals surface area contributed by atoms with Crippen LogP contribution in [-0.2, 0) is 9.59 Å². The Morgan fingerprint density at radius 3 is 2.42 bits per heavy atom. The molecule has 2 fully saturated rings. The van der Waals surface area contributed by atoms with E-state index in [1.54, 1.807) is 4.90 Å². The van der Waals surface area contributed by atoms with Crippen molar-refractivity contribution in [3.8, 4) is 0 Å². The third-order valence-electron chi connectivity index (χ3n) is 5.00. The summed E-state index contributed by atoms with van der Waals surface area (Å²) in [6.07, 6.45) is 1.46. The van der Waals surface area contributed by atoms with Gasteiger partial charge in [0.25, 0.3) is 0 Å². The average molecular weight is 358 g/mol. The quantitative estimate of drug-likeness (QED) is 0.845. The molecule has 2 saturated heterocycles. The molecular formula is C20H30N4O2. The summed E-state index contributed by atoms with van der Waals surface area (Å²) >= 11 is 0. The van der Waals surface area contributed by atoms with Gasteiger partial charge in [0.2, 0.25) is 11.8 Å². The number of benzene rings is 1. The molecule has 0 aliphatic carbocycles. The largest absolute Gasteiger partial charge is 0.323 e. The number of piperazine rings is 1. The molecule has 1 aromatic rings. The van der Waals surface area contributed by atoms with Crippen LogP contribution in [0.5, 0.6) is 0 Å². The molecular weight excluding hydrogens is 328 g/mol. The number of hydrogen-bond acceptors (Lipinski definition) is 4. The molecule has 2 amide bonds. The fraction of sp³-hybridized carbons (Fsp3) is 0.600. The Kier molecular flexibility index (Phi) is 6.27. The van der Waals surface area contributed by atoms with Gasteiger partial charge in [0, 0.05) is 45.7 Å². The summed E-state index contributed by atoms with van der Waals surface area (Å²) in [7, 11) is 0. The number of nitrogens with one attached hydrogen (secondary N) is 1. The van der Waals surface area contributed by atoms with Gasteiger partial charge in [-0.3, -0.25) is 14.5 Å². The first-order chi connectivity index (χ1) is 12.5. The van der Waals surface area contributed by atoms with Crippen LogP contribution < -0.4 is 10.2 Å². The van der Waals surface area contributed by atoms with Crippen molar-refractivity contribution in [2.75, 3.05) is 56.0 Å². The highest BCUT2D eigenvalue weighted by atomic mass is 16.2. The normalized spacial score (nSPS) is 19.3. The van der Waals surface area contributed by atoms with Crippen molar-refractivity contribution in [1.82, 2.24) is 9.80 Å². The molecule has 1 N–H and O–H groups in total. The molecule has 0 radical (unpaired) electrons. The minimum Gasteiger partial charge on any atom is -0.323 e. The highest BCUT2D eigenvalue weighted by molar-refractivity contribution is 6.02. The fourth-order valence-corrected chi connectivity index (χ4v) is 3.76. The molecule has 2 aliphatic heterocycles. The molecule has 0 bridgehead atoms. The van der Waals surface area contributed by atoms with Crippen LogP contribution in [0.3, 0.4) is 0 Å². The highest BCUT2D eigenvalue weighted by Gasteiger charge is 2.25. The zero-order valence-electron chi connectivity index (χ0n) is 15.9. The standard InChI is InChI=1S/C20H30N4O2/c1-16(2)14-22-10-12-23(13-11-22)15-19(25)21-17-6-3-4-7-18(17)24-9-5-8-20(24)26/h3-4,6-7,16H,5,8-15H2,1-2H3,(H,21,25). The zero-order chi connectivity index (χ0) is 18.5. The van der Waals surface area contributed by atoms with Gasteiger partial charge in [-0.25, -0.2) is 0 Å². The Morgan fingerprint density at radius 1 is 1.08 bits per heavy atom. The fourth-order valence-electron chi connectivity index (χ4n) is 3.76. The van der Waals surface area contributed by atoms with Gasteiger partial charge in [0.05, 0.1) is 17.9 Å². The predicted molar refractivity (Wildman–Crippen MR) is 104 cm³/mol. The van der Waals surface area contributed by atoms with Crippen LogP contribution >= 0.6 is 0 Å². The van der Waals surface area contributed by atoms with Crippen molar-refractivity contribution < 1.29 is 9.59 Å². The third-order valence-corrected chi connectivity index (χ3v) is 5.00. The van der Waals surface area contributed by atoms with E-state index in [-0.39, 0.29) is 11.8 Å². The first kappa shape index (κ1) is 18.9. The summed E-state index contributed by atoms with van der Waals surface area (Å²) in [5.41, 5.74) is 1.54. The monoisotopic (exact) mass is 358 g/mol. The van der Waals surface area contributed by atoms with E-state index < -0.39 is 0 Å². The minimum absolute atomic E-state index is 0.0126. The van der Waals surface area contributed by atoms with Gasteiger partial charge in [0.1, 0.15) is 0 Å². The van der Waals surface area contributed by atoms with E-state index >= 15 is 0 Å². The number of hydrogen-bond donors (Lipinski definition) is 1. The molecule has 3 rings (SSSR count). The molecule has 0 saturated carbocycles. The third kappa shape index (κ3) is 4.83. The Hall–Kier alpha value is -1.92. The summed E-state index contributed by atoms with van der Waals surface area (Å²) in [6, 6.07) is 7.58. The zero-order valence-corrected chi connectivity index (χ0v) is 15.9. The molecule has 2 heterocycles. The number of para-hydroxylation sites is 2. The van der Waals surface area contributed by atoms with Crippen LogP contribution in [0.15, 0.2) is 24.3 Å². The van der Waals surface area contributed by atoms with Crippen LogP contribution in [0, 0.1) is 5.92 Å². The van der Waals surface area contributed by atoms with Gasteiger partial charge < -0.3 is 15.1 Å². The maximum atomic E-state index is 12.5. The van der Waals surface area contributed by atoms with Crippen LogP contribution in [0.2, 0.25) is 0 Å². The summed E-state index contributed by atoms with van der Waals surface area (Å²) in [6.45, 7) is 10.6. The first-order valence-electron chi connectivity index (χ1n) is 9.67. The van der Waals surface area contributed by atoms with Crippen LogP contribution in [0.25, 0.3) is 0 Å². The molecule has 0 atom stereocenters. The lowest BCUT2D eigenvalue weighted by Gasteiger charge is -2.35. The molecule has 1 aromatic carbocycles. The van der Waals surface area contributed by atoms with Crippen molar-refractivity contribution in [3.05, 3.63) is 24.3 Å². The first-order valence-corrected chi connectivity index (χ1v) is 9.67. The number of carbonyl (C=O) groups excluding carboxylic acids is 2. The second-order valence-electron chi connectivity index (χ2n) is 7.68. The van der Waals surface area contributed by atoms with E-state index in [0.717, 1.165) is 57.1 Å². The van der Waals surface area contributed by atoms with E-state index in [4.69, 9.17) is 0 Å². The van der Waals surface area contributed by atoms with E-state index in [1.807, 2.05) is 24.3 Å². The Labute approximate surface area is 156 Å². The number of carbonyl (C=O) groups is 2. The van der Waals surface area contributed by atoms with Crippen LogP contribution in [0.4, 0.5) is 11.4 Å². The number of rotatable bonds is 6. The van der Waals surface area contributed by atoms with E-state index in [9.17, 15) is 9.59 Å². The summed E-state index contributed by atoms with van der Waals surface area (Å²) in [5, 5.41) is 3.01. The average Bonchev–Trinajstić information content (AvgIpc) is 3.02. The minimum atomic E-state index is -0.0126. The molecule has 142 valence electrons. The predicted octanol–water partition coefficient (Wildman–Crippen LogP) is 2.03. The Morgan fingerprint density at radius 2 is 1.77 bits per heavy atom. The van der Waals surface area contributed by atoms with Gasteiger partial charge in [0.15, 0.2) is 0 Å². The Bertz CT molecular complexity index is 638. The van der Waals surface area contributed by atoms with Crippen molar-refractivity contribution in [1.29, 1.82) is 0 Å². The summed E-state index contributed by atoms with van der Waals surface area (Å²) in [5.74, 6) is 0.795. The van der Waals surface area contributed by atoms with Gasteiger partial charge in [-0.2, -0.15) is 0 Å². The van der Waals surface area contributed by atoms with E-state index in [0.29, 0.717) is 18.9 Å². The van der Waals surface area contributed by atoms with E-state index in [1.165, 1.54) is 0 Å². The van der Waals surface area contributed by atoms with Crippen molar-refractivity contribution in [2.24, 2.45) is 5.92 Å². The number of nitrogens with zero attached hydrogens (tertiary/aromatic N) is 3. The van der Waals surface area contributed by atoms with Crippen molar-refractivity contribution in [3.63, 3.8) is 0 Å². The highest BCUT2D eigenvalue weighted by Crippen LogP contribution is 2.29. The molecule has 26 heavy (non-hydrogen) atoms. The second kappa shape index (κ2) is 8.64. The maximum Gasteiger partial charge on any atom is 0.238 e. The van der Waals surface area contributed by atoms with Crippen molar-refractivity contribution >= 4 is 23.2 Å². The second-order valence-corrected chi connectivity index (χ2v) is 7.68. The maximum absolute atomic E-state index is 12.5. The number of anilines is 2. The topological polar surface area (TPSA) is 55.9 Å². The Balaban J connectivity index is 1.54. The number of amides is 2. The molecule has 0 spiro atoms. The molecule has 2 aliphatic rings. The van der Waals surface area contributed by atoms with Gasteiger partial charge in [-0.05, 0) is 24.5 Å². The molecule has 6 heteroatoms. The van der Waals surface area contributed by atoms with Gasteiger partial charge in [-0.15, -0.1) is 0 Å². The lowest BCUT2D eigenvalue weighted by Crippen LogP contribution is -2.49. The van der Waals surface area contributed by atoms with Gasteiger partial charge >= 0.3 is 0 Å². The van der Waals surface area contributed by atoms with Gasteiger partial charge in [-0.1, -0.05) is 26.0 Å². The van der Waals surface area contributed by atoms with E-state index in [2.05, 4.69) is 29.0 Å². The smallest absolute Gasteiger partial charge is 0.238 e. The molecule has 0 unspecified atom stereocenters. The summed E-state index contributed by atoms with van der Waals surface area (Å²) in [4.78, 5) is 31.0. The van der Waals surface area contributed by atoms with Crippen molar-refractivity contribution in [2.45, 2.75) is 26.7 Å². The van der Waals surface area contributed by atoms with Crippen LogP contribution in [0.1, 0.15) is 26.7 Å². The van der Waals surface area contributed by atoms with Crippen LogP contribution in [-0.4, -0.2) is 67.4 Å². The lowest BCUT2D eigenvalue weighted by molar-refractivity contribution is -0.118. The lowest BCUT2D eigenvalue weighted by atomic mass is 10.2. The molecule has 6 nitrogen and oxygen atoms in total. The SMILES string of the molecule is CC(C)CN1CCN(CC(=O)Nc2ccccc2N2CCCC2=O)CC1. The molecule has 0 aromatic heterocycles. The summed E-state index contributed by atoms with van der Waals surface area (Å²) < 4.78 is 0.